The van der Waals surface area contributed by atoms with Gasteiger partial charge in [0.25, 0.3) is 5.92 Å². The van der Waals surface area contributed by atoms with Gasteiger partial charge in [-0.1, -0.05) is 0 Å². The Kier molecular flexibility index (Phi) is 3.48. The van der Waals surface area contributed by atoms with E-state index < -0.39 is 17.4 Å². The normalized spacial score (nSPS) is 30.2. The van der Waals surface area contributed by atoms with Crippen LogP contribution in [0, 0.1) is 10.8 Å². The lowest BCUT2D eigenvalue weighted by Crippen LogP contribution is -2.41. The van der Waals surface area contributed by atoms with Crippen LogP contribution in [0.3, 0.4) is 0 Å². The summed E-state index contributed by atoms with van der Waals surface area (Å²) in [5.74, 6) is -2.91. The SMILES string of the molecule is C[C@@H](NC(=O)[C@@H]1C[C@@]2(CN1)CC2(F)F)c1cc(C(=N)N)cs1. The van der Waals surface area contributed by atoms with Gasteiger partial charge in [-0.25, -0.2) is 8.78 Å². The van der Waals surface area contributed by atoms with E-state index in [0.717, 1.165) is 4.88 Å². The molecule has 0 bridgehead atoms. The zero-order valence-electron chi connectivity index (χ0n) is 12.1. The number of halogens is 2. The van der Waals surface area contributed by atoms with Crippen LogP contribution in [0.4, 0.5) is 8.78 Å². The van der Waals surface area contributed by atoms with Crippen LogP contribution in [0.15, 0.2) is 11.4 Å². The van der Waals surface area contributed by atoms with Crippen LogP contribution in [-0.2, 0) is 4.79 Å². The molecule has 3 rings (SSSR count). The van der Waals surface area contributed by atoms with E-state index in [4.69, 9.17) is 11.1 Å². The van der Waals surface area contributed by atoms with Crippen molar-refractivity contribution in [2.75, 3.05) is 6.54 Å². The number of carbonyl (C=O) groups excluding carboxylic acids is 1. The highest BCUT2D eigenvalue weighted by molar-refractivity contribution is 7.10. The molecule has 5 N–H and O–H groups in total. The van der Waals surface area contributed by atoms with Gasteiger partial charge in [0.05, 0.1) is 17.5 Å². The summed E-state index contributed by atoms with van der Waals surface area (Å²) < 4.78 is 26.7. The quantitative estimate of drug-likeness (QED) is 0.500. The van der Waals surface area contributed by atoms with Crippen LogP contribution in [0.2, 0.25) is 0 Å². The Hall–Kier alpha value is -1.54. The summed E-state index contributed by atoms with van der Waals surface area (Å²) in [5.41, 5.74) is 5.02. The first kappa shape index (κ1) is 15.4. The van der Waals surface area contributed by atoms with Crippen LogP contribution in [0.1, 0.15) is 36.2 Å². The van der Waals surface area contributed by atoms with E-state index in [1.165, 1.54) is 11.3 Å². The summed E-state index contributed by atoms with van der Waals surface area (Å²) >= 11 is 1.41. The molecule has 0 radical (unpaired) electrons. The summed E-state index contributed by atoms with van der Waals surface area (Å²) in [5, 5.41) is 14.9. The Bertz CT molecular complexity index is 632. The van der Waals surface area contributed by atoms with Crippen molar-refractivity contribution in [1.82, 2.24) is 10.6 Å². The lowest BCUT2D eigenvalue weighted by Gasteiger charge is -2.16. The van der Waals surface area contributed by atoms with Gasteiger partial charge in [-0.15, -0.1) is 11.3 Å². The van der Waals surface area contributed by atoms with E-state index in [1.807, 2.05) is 6.92 Å². The molecule has 1 spiro atoms. The molecule has 1 aromatic heterocycles. The summed E-state index contributed by atoms with van der Waals surface area (Å²) in [6, 6.07) is 0.947. The second-order valence-electron chi connectivity index (χ2n) is 6.18. The number of alkyl halides is 2. The molecule has 2 heterocycles. The molecule has 1 saturated carbocycles. The monoisotopic (exact) mass is 328 g/mol. The van der Waals surface area contributed by atoms with Crippen LogP contribution in [0.25, 0.3) is 0 Å². The van der Waals surface area contributed by atoms with Crippen molar-refractivity contribution in [3.63, 3.8) is 0 Å². The first-order valence-corrected chi connectivity index (χ1v) is 7.96. The maximum atomic E-state index is 13.3. The highest BCUT2D eigenvalue weighted by atomic mass is 32.1. The number of hydrogen-bond donors (Lipinski definition) is 4. The second-order valence-corrected chi connectivity index (χ2v) is 7.12. The number of amides is 1. The third kappa shape index (κ3) is 2.50. The lowest BCUT2D eigenvalue weighted by atomic mass is 10.0. The number of nitrogens with two attached hydrogens (primary N) is 1. The molecule has 2 fully saturated rings. The molecule has 1 aliphatic heterocycles. The molecule has 0 aromatic carbocycles. The van der Waals surface area contributed by atoms with Crippen molar-refractivity contribution in [2.45, 2.75) is 37.8 Å². The third-order valence-electron chi connectivity index (χ3n) is 4.53. The fourth-order valence-corrected chi connectivity index (χ4v) is 3.86. The van der Waals surface area contributed by atoms with Gasteiger partial charge in [0.15, 0.2) is 0 Å². The minimum atomic E-state index is -2.63. The molecule has 22 heavy (non-hydrogen) atoms. The predicted octanol–water partition coefficient (Wildman–Crippen LogP) is 1.60. The first-order valence-electron chi connectivity index (χ1n) is 7.08. The number of rotatable bonds is 4. The van der Waals surface area contributed by atoms with E-state index in [9.17, 15) is 13.6 Å². The highest BCUT2D eigenvalue weighted by Gasteiger charge is 2.73. The summed E-state index contributed by atoms with van der Waals surface area (Å²) in [6.07, 6.45) is 0.0565. The molecule has 3 atom stereocenters. The third-order valence-corrected chi connectivity index (χ3v) is 5.64. The Morgan fingerprint density at radius 1 is 1.64 bits per heavy atom. The smallest absolute Gasteiger partial charge is 0.255 e. The van der Waals surface area contributed by atoms with E-state index in [2.05, 4.69) is 10.6 Å². The number of hydrogen-bond acceptors (Lipinski definition) is 4. The molecule has 5 nitrogen and oxygen atoms in total. The lowest BCUT2D eigenvalue weighted by molar-refractivity contribution is -0.123. The van der Waals surface area contributed by atoms with Crippen LogP contribution in [0.5, 0.6) is 0 Å². The number of thiophene rings is 1. The predicted molar refractivity (Wildman–Crippen MR) is 80.3 cm³/mol. The topological polar surface area (TPSA) is 91.0 Å². The Balaban J connectivity index is 1.59. The Morgan fingerprint density at radius 2 is 2.32 bits per heavy atom. The van der Waals surface area contributed by atoms with E-state index in [0.29, 0.717) is 5.56 Å². The first-order chi connectivity index (χ1) is 10.2. The zero-order chi connectivity index (χ0) is 16.1. The van der Waals surface area contributed by atoms with Crippen molar-refractivity contribution in [1.29, 1.82) is 5.41 Å². The Morgan fingerprint density at radius 3 is 2.82 bits per heavy atom. The minimum Gasteiger partial charge on any atom is -0.384 e. The van der Waals surface area contributed by atoms with Crippen molar-refractivity contribution < 1.29 is 13.6 Å². The van der Waals surface area contributed by atoms with E-state index >= 15 is 0 Å². The fraction of sp³-hybridized carbons (Fsp3) is 0.571. The standard InChI is InChI=1S/C14H18F2N4OS/c1-7(10-2-8(4-22-10)11(17)18)20-12(21)9-3-13(6-19-9)5-14(13,15)16/h2,4,7,9,19H,3,5-6H2,1H3,(H3,17,18)(H,20,21)/t7-,9+,13+/m1/s1. The number of carbonyl (C=O) groups is 1. The van der Waals surface area contributed by atoms with Crippen molar-refractivity contribution in [3.05, 3.63) is 21.9 Å². The van der Waals surface area contributed by atoms with Gasteiger partial charge in [0, 0.05) is 28.8 Å². The molecule has 8 heteroatoms. The van der Waals surface area contributed by atoms with Crippen LogP contribution < -0.4 is 16.4 Å². The second kappa shape index (κ2) is 4.99. The van der Waals surface area contributed by atoms with Gasteiger partial charge in [-0.2, -0.15) is 0 Å². The number of nitrogens with one attached hydrogen (secondary N) is 3. The Labute approximate surface area is 130 Å². The maximum absolute atomic E-state index is 13.3. The number of nitrogen functional groups attached to an aromatic ring is 1. The molecule has 2 aliphatic rings. The molecule has 1 saturated heterocycles. The zero-order valence-corrected chi connectivity index (χ0v) is 12.9. The van der Waals surface area contributed by atoms with Gasteiger partial charge in [0.1, 0.15) is 5.84 Å². The van der Waals surface area contributed by atoms with Crippen LogP contribution >= 0.6 is 11.3 Å². The number of amidine groups is 1. The van der Waals surface area contributed by atoms with Crippen molar-refractivity contribution >= 4 is 23.1 Å². The van der Waals surface area contributed by atoms with Gasteiger partial charge < -0.3 is 16.4 Å². The van der Waals surface area contributed by atoms with E-state index in [1.54, 1.807) is 11.4 Å². The molecular formula is C14H18F2N4OS. The van der Waals surface area contributed by atoms with Gasteiger partial charge in [-0.05, 0) is 19.4 Å². The van der Waals surface area contributed by atoms with Crippen molar-refractivity contribution in [3.8, 4) is 0 Å². The summed E-state index contributed by atoms with van der Waals surface area (Å²) in [7, 11) is 0. The van der Waals surface area contributed by atoms with Crippen LogP contribution in [-0.4, -0.2) is 30.3 Å². The largest absolute Gasteiger partial charge is 0.384 e. The fourth-order valence-electron chi connectivity index (χ4n) is 2.94. The summed E-state index contributed by atoms with van der Waals surface area (Å²) in [4.78, 5) is 13.1. The highest BCUT2D eigenvalue weighted by Crippen LogP contribution is 2.64. The molecule has 0 unspecified atom stereocenters. The maximum Gasteiger partial charge on any atom is 0.255 e. The molecular weight excluding hydrogens is 310 g/mol. The average Bonchev–Trinajstić information content (AvgIpc) is 2.86. The molecule has 1 aromatic rings. The van der Waals surface area contributed by atoms with E-state index in [-0.39, 0.29) is 37.2 Å². The van der Waals surface area contributed by atoms with Gasteiger partial charge in [0.2, 0.25) is 5.91 Å². The minimum absolute atomic E-state index is 0.0172. The van der Waals surface area contributed by atoms with Crippen molar-refractivity contribution in [2.24, 2.45) is 11.1 Å². The molecule has 1 aliphatic carbocycles. The van der Waals surface area contributed by atoms with Gasteiger partial charge >= 0.3 is 0 Å². The molecule has 120 valence electrons. The summed E-state index contributed by atoms with van der Waals surface area (Å²) in [6.45, 7) is 2.02. The molecule has 1 amide bonds. The van der Waals surface area contributed by atoms with Gasteiger partial charge in [-0.3, -0.25) is 10.2 Å². The average molecular weight is 328 g/mol.